The number of hydrogen-bond acceptors (Lipinski definition) is 2. The van der Waals surface area contributed by atoms with Crippen LogP contribution in [0.3, 0.4) is 0 Å². The fourth-order valence-electron chi connectivity index (χ4n) is 1.01. The van der Waals surface area contributed by atoms with Crippen molar-refractivity contribution < 1.29 is 13.3 Å². The molecule has 78 valence electrons. The third kappa shape index (κ3) is 4.15. The predicted octanol–water partition coefficient (Wildman–Crippen LogP) is 1.63. The van der Waals surface area contributed by atoms with Crippen molar-refractivity contribution >= 4 is 19.4 Å². The van der Waals surface area contributed by atoms with Crippen LogP contribution in [0.25, 0.3) is 0 Å². The van der Waals surface area contributed by atoms with Gasteiger partial charge in [0.05, 0.1) is 0 Å². The summed E-state index contributed by atoms with van der Waals surface area (Å²) in [4.78, 5) is 0. The van der Waals surface area contributed by atoms with E-state index in [0.29, 0.717) is 10.3 Å². The molecule has 0 aliphatic heterocycles. The smallest absolute Gasteiger partial charge is 0.257 e. The lowest BCUT2D eigenvalue weighted by Gasteiger charge is -1.96. The minimum Gasteiger partial charge on any atom is -0.712 e. The van der Waals surface area contributed by atoms with Crippen molar-refractivity contribution in [2.45, 2.75) is 19.1 Å². The van der Waals surface area contributed by atoms with Crippen molar-refractivity contribution in [3.05, 3.63) is 35.4 Å². The molecule has 1 aromatic rings. The zero-order valence-corrected chi connectivity index (χ0v) is 9.44. The summed E-state index contributed by atoms with van der Waals surface area (Å²) in [7, 11) is -3.39. The van der Waals surface area contributed by atoms with E-state index in [1.54, 1.807) is 0 Å². The first-order chi connectivity index (χ1) is 6.51. The molecule has 1 rings (SSSR count). The molecule has 1 atom stereocenters. The van der Waals surface area contributed by atoms with Gasteiger partial charge < -0.3 is 4.55 Å². The zero-order chi connectivity index (χ0) is 10.6. The minimum absolute atomic E-state index is 0.281. The summed E-state index contributed by atoms with van der Waals surface area (Å²) in [5, 5.41) is 0. The maximum Gasteiger partial charge on any atom is 0.257 e. The van der Waals surface area contributed by atoms with Gasteiger partial charge in [-0.25, -0.2) is 0 Å². The third-order valence-electron chi connectivity index (χ3n) is 1.81. The van der Waals surface area contributed by atoms with Crippen LogP contribution >= 0.6 is 0 Å². The average Bonchev–Trinajstić information content (AvgIpc) is 2.14. The quantitative estimate of drug-likeness (QED) is 0.806. The highest BCUT2D eigenvalue weighted by molar-refractivity contribution is 8.33. The molecule has 1 unspecified atom stereocenters. The normalized spacial score (nSPS) is 14.8. The SMILES string of the molecule is CCc1ccc(C[S+]=S(=O)([O-])O)cc1. The molecule has 3 nitrogen and oxygen atoms in total. The molecule has 0 radical (unpaired) electrons. The highest BCUT2D eigenvalue weighted by atomic mass is 32.9. The first-order valence-corrected chi connectivity index (χ1v) is 7.15. The Kier molecular flexibility index (Phi) is 4.00. The van der Waals surface area contributed by atoms with Gasteiger partial charge in [-0.1, -0.05) is 31.2 Å². The number of aryl methyl sites for hydroxylation is 1. The Labute approximate surface area is 87.5 Å². The highest BCUT2D eigenvalue weighted by Crippen LogP contribution is 2.05. The van der Waals surface area contributed by atoms with E-state index in [1.807, 2.05) is 24.3 Å². The van der Waals surface area contributed by atoms with Crippen molar-refractivity contribution in [2.24, 2.45) is 0 Å². The molecule has 0 bridgehead atoms. The van der Waals surface area contributed by atoms with Gasteiger partial charge >= 0.3 is 0 Å². The molecule has 14 heavy (non-hydrogen) atoms. The molecule has 0 aliphatic rings. The summed E-state index contributed by atoms with van der Waals surface area (Å²) in [6.45, 7) is 2.06. The van der Waals surface area contributed by atoms with Gasteiger partial charge in [0.2, 0.25) is 5.75 Å². The molecule has 0 fully saturated rings. The maximum absolute atomic E-state index is 10.4. The Morgan fingerprint density at radius 2 is 1.86 bits per heavy atom. The molecular weight excluding hydrogens is 220 g/mol. The van der Waals surface area contributed by atoms with Gasteiger partial charge in [-0.05, 0) is 12.0 Å². The van der Waals surface area contributed by atoms with Crippen LogP contribution in [-0.4, -0.2) is 13.3 Å². The summed E-state index contributed by atoms with van der Waals surface area (Å²) in [6.07, 6.45) is 0.964. The van der Waals surface area contributed by atoms with Crippen LogP contribution in [-0.2, 0) is 31.5 Å². The summed E-state index contributed by atoms with van der Waals surface area (Å²) >= 11 is 0. The fourth-order valence-corrected chi connectivity index (χ4v) is 2.35. The summed E-state index contributed by atoms with van der Waals surface area (Å²) in [5.41, 5.74) is 2.11. The van der Waals surface area contributed by atoms with Gasteiger partial charge in [0.1, 0.15) is 0 Å². The monoisotopic (exact) mass is 232 g/mol. The summed E-state index contributed by atoms with van der Waals surface area (Å²) in [6, 6.07) is 7.66. The maximum atomic E-state index is 10.4. The fraction of sp³-hybridized carbons (Fsp3) is 0.333. The van der Waals surface area contributed by atoms with Crippen LogP contribution < -0.4 is 0 Å². The third-order valence-corrected chi connectivity index (χ3v) is 3.80. The molecule has 0 saturated heterocycles. The van der Waals surface area contributed by atoms with E-state index in [0.717, 1.165) is 12.0 Å². The lowest BCUT2D eigenvalue weighted by atomic mass is 10.1. The van der Waals surface area contributed by atoms with Gasteiger partial charge in [0, 0.05) is 5.56 Å². The standard InChI is InChI=1S/C9H12O3S2/c1-2-8-3-5-9(6-4-8)7-13-14(10,11)12/h3-6H,2,7H2,1H3,(H-,10,11,12). The minimum atomic E-state index is -3.92. The second-order valence-electron chi connectivity index (χ2n) is 2.86. The van der Waals surface area contributed by atoms with Gasteiger partial charge in [0.25, 0.3) is 19.4 Å². The highest BCUT2D eigenvalue weighted by Gasteiger charge is 2.03. The van der Waals surface area contributed by atoms with Crippen molar-refractivity contribution in [3.8, 4) is 0 Å². The van der Waals surface area contributed by atoms with Crippen LogP contribution in [0.5, 0.6) is 0 Å². The lowest BCUT2D eigenvalue weighted by Crippen LogP contribution is -1.97. The Hall–Kier alpha value is -0.490. The Bertz CT molecular complexity index is 395. The van der Waals surface area contributed by atoms with Crippen molar-refractivity contribution in [1.82, 2.24) is 0 Å². The topological polar surface area (TPSA) is 60.4 Å². The van der Waals surface area contributed by atoms with Crippen molar-refractivity contribution in [2.75, 3.05) is 0 Å². The molecule has 0 saturated carbocycles. The number of hydrogen-bond donors (Lipinski definition) is 1. The Morgan fingerprint density at radius 1 is 1.36 bits per heavy atom. The molecular formula is C9H12O3S2. The number of benzene rings is 1. The molecule has 0 spiro atoms. The van der Waals surface area contributed by atoms with E-state index in [4.69, 9.17) is 4.55 Å². The van der Waals surface area contributed by atoms with Crippen molar-refractivity contribution in [3.63, 3.8) is 0 Å². The van der Waals surface area contributed by atoms with E-state index < -0.39 is 9.05 Å². The predicted molar refractivity (Wildman–Crippen MR) is 58.4 cm³/mol. The van der Waals surface area contributed by atoms with Gasteiger partial charge in [-0.2, -0.15) is 4.21 Å². The van der Waals surface area contributed by atoms with E-state index >= 15 is 0 Å². The van der Waals surface area contributed by atoms with Crippen LogP contribution in [0, 0.1) is 0 Å². The van der Waals surface area contributed by atoms with Crippen LogP contribution in [0.15, 0.2) is 24.3 Å². The van der Waals surface area contributed by atoms with E-state index in [1.165, 1.54) is 5.56 Å². The molecule has 1 N–H and O–H groups in total. The average molecular weight is 232 g/mol. The molecule has 5 heteroatoms. The summed E-state index contributed by atoms with van der Waals surface area (Å²) in [5.74, 6) is 0.281. The van der Waals surface area contributed by atoms with Gasteiger partial charge in [0.15, 0.2) is 0 Å². The van der Waals surface area contributed by atoms with E-state index in [-0.39, 0.29) is 5.75 Å². The Morgan fingerprint density at radius 3 is 2.29 bits per heavy atom. The van der Waals surface area contributed by atoms with E-state index in [2.05, 4.69) is 6.92 Å². The largest absolute Gasteiger partial charge is 0.712 e. The van der Waals surface area contributed by atoms with Crippen LogP contribution in [0.1, 0.15) is 18.1 Å². The second-order valence-corrected chi connectivity index (χ2v) is 6.21. The zero-order valence-electron chi connectivity index (χ0n) is 7.80. The van der Waals surface area contributed by atoms with E-state index in [9.17, 15) is 8.76 Å². The van der Waals surface area contributed by atoms with Gasteiger partial charge in [-0.3, -0.25) is 4.55 Å². The lowest BCUT2D eigenvalue weighted by molar-refractivity contribution is 0.432. The summed E-state index contributed by atoms with van der Waals surface area (Å²) < 4.78 is 29.4. The molecule has 1 aromatic carbocycles. The first-order valence-electron chi connectivity index (χ1n) is 4.21. The number of rotatable bonds is 3. The second kappa shape index (κ2) is 4.84. The van der Waals surface area contributed by atoms with Crippen molar-refractivity contribution in [1.29, 1.82) is 0 Å². The molecule has 0 amide bonds. The van der Waals surface area contributed by atoms with Gasteiger partial charge in [-0.15, -0.1) is 0 Å². The Balaban J connectivity index is 2.75. The van der Waals surface area contributed by atoms with Crippen LogP contribution in [0.4, 0.5) is 0 Å². The molecule has 0 heterocycles. The first kappa shape index (κ1) is 11.6. The molecule has 0 aromatic heterocycles. The molecule has 0 aliphatic carbocycles. The van der Waals surface area contributed by atoms with Crippen LogP contribution in [0.2, 0.25) is 0 Å².